The first-order valence-corrected chi connectivity index (χ1v) is 10.8. The number of aryl methyl sites for hydroxylation is 1. The predicted octanol–water partition coefficient (Wildman–Crippen LogP) is 2.01. The van der Waals surface area contributed by atoms with Crippen LogP contribution in [0.2, 0.25) is 0 Å². The Morgan fingerprint density at radius 1 is 1.42 bits per heavy atom. The van der Waals surface area contributed by atoms with E-state index in [1.54, 1.807) is 0 Å². The lowest BCUT2D eigenvalue weighted by Gasteiger charge is -2.18. The Hall–Kier alpha value is -3.83. The topological polar surface area (TPSA) is 100 Å². The highest BCUT2D eigenvalue weighted by atomic mass is 32.1. The van der Waals surface area contributed by atoms with Gasteiger partial charge in [-0.25, -0.2) is 0 Å². The van der Waals surface area contributed by atoms with Crippen LogP contribution >= 0.6 is 11.3 Å². The number of methoxy groups -OCH3 is 1. The molecule has 1 aliphatic carbocycles. The van der Waals surface area contributed by atoms with Gasteiger partial charge < -0.3 is 9.30 Å². The van der Waals surface area contributed by atoms with Crippen LogP contribution in [0.1, 0.15) is 40.2 Å². The number of hydrogen-bond acceptors (Lipinski definition) is 6. The lowest BCUT2D eigenvalue weighted by molar-refractivity contribution is 0.102. The summed E-state index contributed by atoms with van der Waals surface area (Å²) >= 11 is 1.10. The van der Waals surface area contributed by atoms with Crippen LogP contribution in [0, 0.1) is 17.8 Å². The molecule has 1 aliphatic heterocycles. The summed E-state index contributed by atoms with van der Waals surface area (Å²) in [6.45, 7) is 0. The van der Waals surface area contributed by atoms with E-state index in [-0.39, 0.29) is 27.6 Å². The molecule has 168 valence electrons. The number of nitrogens with one attached hydrogen (secondary N) is 1. The molecular formula is C22H18F2N5O3S+. The molecular weight excluding hydrogens is 452 g/mol. The molecule has 2 aliphatic rings. The first-order chi connectivity index (χ1) is 15.9. The molecule has 1 N–H and O–H groups in total. The minimum Gasteiger partial charge on any atom is -0.484 e. The second kappa shape index (κ2) is 9.35. The van der Waals surface area contributed by atoms with Crippen LogP contribution in [-0.4, -0.2) is 45.8 Å². The van der Waals surface area contributed by atoms with Crippen molar-refractivity contribution in [1.82, 2.24) is 19.4 Å². The molecule has 0 radical (unpaired) electrons. The lowest BCUT2D eigenvalue weighted by Crippen LogP contribution is -2.24. The van der Waals surface area contributed by atoms with Gasteiger partial charge in [0.25, 0.3) is 17.2 Å². The molecule has 33 heavy (non-hydrogen) atoms. The SMILES string of the molecule is COC1=C=[N+]=C(C(F)F)C=C1c1cn(C)c(=O)cc1C(=O)Nc1nnc(C#CC2CCC2)s1. The van der Waals surface area contributed by atoms with Crippen LogP contribution < -0.4 is 15.5 Å². The summed E-state index contributed by atoms with van der Waals surface area (Å²) in [5.41, 5.74) is -0.702. The van der Waals surface area contributed by atoms with Crippen LogP contribution in [0.5, 0.6) is 0 Å². The fourth-order valence-corrected chi connectivity index (χ4v) is 3.73. The highest BCUT2D eigenvalue weighted by molar-refractivity contribution is 7.15. The second-order valence-corrected chi connectivity index (χ2v) is 8.33. The molecule has 0 aromatic carbocycles. The van der Waals surface area contributed by atoms with Crippen LogP contribution in [0.15, 0.2) is 28.9 Å². The molecule has 1 saturated carbocycles. The largest absolute Gasteiger partial charge is 0.484 e. The normalized spacial score (nSPS) is 15.1. The summed E-state index contributed by atoms with van der Waals surface area (Å²) in [4.78, 5) is 25.3. The fraction of sp³-hybridized carbons (Fsp3) is 0.318. The van der Waals surface area contributed by atoms with Crippen molar-refractivity contribution < 1.29 is 18.3 Å². The van der Waals surface area contributed by atoms with Gasteiger partial charge in [-0.05, 0) is 23.4 Å². The lowest BCUT2D eigenvalue weighted by atomic mass is 9.86. The molecule has 4 rings (SSSR count). The third-order valence-corrected chi connectivity index (χ3v) is 5.90. The van der Waals surface area contributed by atoms with E-state index in [2.05, 4.69) is 37.9 Å². The summed E-state index contributed by atoms with van der Waals surface area (Å²) in [6.07, 6.45) is 2.95. The number of anilines is 1. The Balaban J connectivity index is 1.66. The summed E-state index contributed by atoms with van der Waals surface area (Å²) in [5, 5.41) is 11.2. The van der Waals surface area contributed by atoms with Crippen molar-refractivity contribution in [2.45, 2.75) is 25.7 Å². The zero-order chi connectivity index (χ0) is 23.5. The van der Waals surface area contributed by atoms with Gasteiger partial charge in [-0.3, -0.25) is 14.9 Å². The van der Waals surface area contributed by atoms with E-state index in [1.165, 1.54) is 31.3 Å². The van der Waals surface area contributed by atoms with Gasteiger partial charge in [0.2, 0.25) is 5.13 Å². The van der Waals surface area contributed by atoms with Crippen molar-refractivity contribution in [2.24, 2.45) is 13.0 Å². The molecule has 0 atom stereocenters. The van der Waals surface area contributed by atoms with E-state index in [9.17, 15) is 18.4 Å². The maximum absolute atomic E-state index is 13.2. The average Bonchev–Trinajstić information content (AvgIpc) is 3.20. The van der Waals surface area contributed by atoms with E-state index in [4.69, 9.17) is 4.74 Å². The number of allylic oxidation sites excluding steroid dienone is 2. The number of rotatable bonds is 5. The van der Waals surface area contributed by atoms with Crippen molar-refractivity contribution in [3.8, 4) is 11.8 Å². The van der Waals surface area contributed by atoms with Gasteiger partial charge in [0.05, 0.1) is 12.7 Å². The number of hydrogen-bond donors (Lipinski definition) is 1. The van der Waals surface area contributed by atoms with Gasteiger partial charge in [0, 0.05) is 42.4 Å². The van der Waals surface area contributed by atoms with Crippen LogP contribution in [0.4, 0.5) is 13.9 Å². The molecule has 2 aromatic rings. The second-order valence-electron chi connectivity index (χ2n) is 7.35. The van der Waals surface area contributed by atoms with Crippen LogP contribution in [0.25, 0.3) is 5.57 Å². The standard InChI is InChI=1S/C22H17F2N5O3S/c1-29-11-15(13-8-16(20(23)24)25-10-17(13)32-2)14(9-19(29)30)21(31)26-22-28-27-18(33-22)7-6-12-4-3-5-12/h8-9,11-12,20H,3-5H2,1-2H3/p+1. The summed E-state index contributed by atoms with van der Waals surface area (Å²) in [7, 11) is 2.81. The smallest absolute Gasteiger partial charge is 0.383 e. The average molecular weight is 470 g/mol. The molecule has 8 nitrogen and oxygen atoms in total. The van der Waals surface area contributed by atoms with Crippen molar-refractivity contribution in [2.75, 3.05) is 12.4 Å². The minimum absolute atomic E-state index is 0.0477. The summed E-state index contributed by atoms with van der Waals surface area (Å²) in [6, 6.07) is 1.12. The number of carbonyl (C=O) groups is 1. The zero-order valence-corrected chi connectivity index (χ0v) is 18.5. The highest BCUT2D eigenvalue weighted by Gasteiger charge is 2.30. The fourth-order valence-electron chi connectivity index (χ4n) is 3.13. The molecule has 1 amide bonds. The quantitative estimate of drug-likeness (QED) is 0.532. The van der Waals surface area contributed by atoms with Gasteiger partial charge in [0.1, 0.15) is 0 Å². The molecule has 0 unspecified atom stereocenters. The molecule has 11 heteroatoms. The maximum Gasteiger partial charge on any atom is 0.383 e. The Morgan fingerprint density at radius 3 is 2.88 bits per heavy atom. The summed E-state index contributed by atoms with van der Waals surface area (Å²) < 4.78 is 36.5. The molecule has 0 spiro atoms. The molecule has 1 fully saturated rings. The van der Waals surface area contributed by atoms with Gasteiger partial charge in [0.15, 0.2) is 5.01 Å². The van der Waals surface area contributed by atoms with E-state index in [1.807, 2.05) is 0 Å². The Bertz CT molecular complexity index is 1380. The predicted molar refractivity (Wildman–Crippen MR) is 120 cm³/mol. The van der Waals surface area contributed by atoms with Gasteiger partial charge >= 0.3 is 18.0 Å². The maximum atomic E-state index is 13.2. The Morgan fingerprint density at radius 2 is 2.21 bits per heavy atom. The molecule has 2 aromatic heterocycles. The van der Waals surface area contributed by atoms with E-state index in [0.29, 0.717) is 10.9 Å². The molecule has 0 saturated heterocycles. The number of aromatic nitrogens is 3. The highest BCUT2D eigenvalue weighted by Crippen LogP contribution is 2.28. The number of carbonyl (C=O) groups excluding carboxylic acids is 1. The van der Waals surface area contributed by atoms with Crippen LogP contribution in [-0.2, 0) is 11.8 Å². The zero-order valence-electron chi connectivity index (χ0n) is 17.7. The van der Waals surface area contributed by atoms with Gasteiger partial charge in [-0.1, -0.05) is 23.7 Å². The minimum atomic E-state index is -2.85. The van der Waals surface area contributed by atoms with E-state index < -0.39 is 23.6 Å². The van der Waals surface area contributed by atoms with Crippen molar-refractivity contribution in [1.29, 1.82) is 0 Å². The molecule has 0 bridgehead atoms. The Labute approximate surface area is 191 Å². The first kappa shape index (κ1) is 22.4. The number of halogens is 2. The van der Waals surface area contributed by atoms with Crippen molar-refractivity contribution >= 4 is 39.5 Å². The number of ether oxygens (including phenoxy) is 1. The summed E-state index contributed by atoms with van der Waals surface area (Å²) in [5.74, 6) is 8.26. The number of pyridine rings is 1. The number of nitrogens with zero attached hydrogens (tertiary/aromatic N) is 4. The third-order valence-electron chi connectivity index (χ3n) is 5.15. The van der Waals surface area contributed by atoms with Gasteiger partial charge in [-0.15, -0.1) is 10.2 Å². The van der Waals surface area contributed by atoms with Gasteiger partial charge in [-0.2, -0.15) is 8.78 Å². The van der Waals surface area contributed by atoms with E-state index >= 15 is 0 Å². The monoisotopic (exact) mass is 470 g/mol. The Kier molecular flexibility index (Phi) is 6.33. The third kappa shape index (κ3) is 4.83. The first-order valence-electron chi connectivity index (χ1n) is 9.98. The number of alkyl halides is 2. The van der Waals surface area contributed by atoms with Crippen molar-refractivity contribution in [3.05, 3.63) is 50.6 Å². The molecule has 3 heterocycles. The van der Waals surface area contributed by atoms with Crippen LogP contribution in [0.3, 0.4) is 0 Å². The van der Waals surface area contributed by atoms with Crippen molar-refractivity contribution in [3.63, 3.8) is 0 Å². The van der Waals surface area contributed by atoms with E-state index in [0.717, 1.165) is 36.3 Å². The number of amides is 1.